The Kier molecular flexibility index (Phi) is 5.28. The lowest BCUT2D eigenvalue weighted by Gasteiger charge is -2.13. The third-order valence-corrected chi connectivity index (χ3v) is 3.74. The first-order chi connectivity index (χ1) is 10.2. The maximum absolute atomic E-state index is 11.8. The smallest absolute Gasteiger partial charge is 0.331 e. The molecule has 1 unspecified atom stereocenters. The van der Waals surface area contributed by atoms with Crippen LogP contribution in [0.15, 0.2) is 42.0 Å². The van der Waals surface area contributed by atoms with Crippen molar-refractivity contribution in [1.29, 1.82) is 0 Å². The van der Waals surface area contributed by atoms with Crippen molar-refractivity contribution in [1.82, 2.24) is 15.6 Å². The van der Waals surface area contributed by atoms with Crippen LogP contribution in [-0.4, -0.2) is 28.6 Å². The van der Waals surface area contributed by atoms with Crippen molar-refractivity contribution < 1.29 is 14.7 Å². The SMILES string of the molecule is O=C(NCCc1ccncc1)NC(C(=O)O)c1cccs1. The highest BCUT2D eigenvalue weighted by Gasteiger charge is 2.22. The van der Waals surface area contributed by atoms with E-state index in [1.54, 1.807) is 29.9 Å². The van der Waals surface area contributed by atoms with Crippen LogP contribution < -0.4 is 10.6 Å². The topological polar surface area (TPSA) is 91.3 Å². The molecule has 1 atom stereocenters. The zero-order chi connectivity index (χ0) is 15.1. The van der Waals surface area contributed by atoms with Crippen molar-refractivity contribution in [3.05, 3.63) is 52.5 Å². The summed E-state index contributed by atoms with van der Waals surface area (Å²) < 4.78 is 0. The van der Waals surface area contributed by atoms with E-state index in [0.29, 0.717) is 17.8 Å². The number of hydrogen-bond acceptors (Lipinski definition) is 4. The number of carboxylic acid groups (broad SMARTS) is 1. The monoisotopic (exact) mass is 305 g/mol. The number of nitrogens with zero attached hydrogens (tertiary/aromatic N) is 1. The molecule has 0 radical (unpaired) electrons. The maximum Gasteiger partial charge on any atom is 0.331 e. The molecule has 0 saturated carbocycles. The molecule has 2 heterocycles. The molecule has 21 heavy (non-hydrogen) atoms. The van der Waals surface area contributed by atoms with Gasteiger partial charge in [-0.15, -0.1) is 11.3 Å². The predicted molar refractivity (Wildman–Crippen MR) is 79.2 cm³/mol. The Balaban J connectivity index is 1.82. The Morgan fingerprint density at radius 2 is 2.05 bits per heavy atom. The number of aliphatic carboxylic acids is 1. The molecule has 0 bridgehead atoms. The second-order valence-electron chi connectivity index (χ2n) is 4.29. The summed E-state index contributed by atoms with van der Waals surface area (Å²) in [7, 11) is 0. The summed E-state index contributed by atoms with van der Waals surface area (Å²) in [5.41, 5.74) is 1.05. The first-order valence-electron chi connectivity index (χ1n) is 6.36. The second-order valence-corrected chi connectivity index (χ2v) is 5.27. The number of pyridine rings is 1. The average Bonchev–Trinajstić information content (AvgIpc) is 2.99. The van der Waals surface area contributed by atoms with Crippen molar-refractivity contribution in [2.45, 2.75) is 12.5 Å². The quantitative estimate of drug-likeness (QED) is 0.759. The number of urea groups is 1. The standard InChI is InChI=1S/C14H15N3O3S/c18-13(19)12(11-2-1-9-21-11)17-14(20)16-8-5-10-3-6-15-7-4-10/h1-4,6-7,9,12H,5,8H2,(H,18,19)(H2,16,17,20). The van der Waals surface area contributed by atoms with E-state index < -0.39 is 18.0 Å². The highest BCUT2D eigenvalue weighted by molar-refractivity contribution is 7.10. The van der Waals surface area contributed by atoms with Crippen molar-refractivity contribution >= 4 is 23.3 Å². The zero-order valence-electron chi connectivity index (χ0n) is 11.2. The van der Waals surface area contributed by atoms with E-state index in [2.05, 4.69) is 15.6 Å². The number of rotatable bonds is 6. The number of carboxylic acids is 1. The van der Waals surface area contributed by atoms with E-state index in [-0.39, 0.29) is 0 Å². The lowest BCUT2D eigenvalue weighted by atomic mass is 10.2. The first kappa shape index (κ1) is 15.0. The summed E-state index contributed by atoms with van der Waals surface area (Å²) in [4.78, 5) is 27.4. The van der Waals surface area contributed by atoms with Gasteiger partial charge >= 0.3 is 12.0 Å². The summed E-state index contributed by atoms with van der Waals surface area (Å²) in [6.07, 6.45) is 4.03. The fourth-order valence-electron chi connectivity index (χ4n) is 1.76. The minimum absolute atomic E-state index is 0.423. The summed E-state index contributed by atoms with van der Waals surface area (Å²) in [5, 5.41) is 16.0. The molecule has 6 nitrogen and oxygen atoms in total. The van der Waals surface area contributed by atoms with Crippen molar-refractivity contribution in [3.63, 3.8) is 0 Å². The molecule has 0 aliphatic rings. The van der Waals surface area contributed by atoms with Gasteiger partial charge in [0.15, 0.2) is 6.04 Å². The van der Waals surface area contributed by atoms with E-state index >= 15 is 0 Å². The Morgan fingerprint density at radius 1 is 1.29 bits per heavy atom. The number of carbonyl (C=O) groups excluding carboxylic acids is 1. The molecule has 3 N–H and O–H groups in total. The maximum atomic E-state index is 11.8. The Hall–Kier alpha value is -2.41. The van der Waals surface area contributed by atoms with Gasteiger partial charge in [0.1, 0.15) is 0 Å². The van der Waals surface area contributed by atoms with E-state index in [4.69, 9.17) is 5.11 Å². The van der Waals surface area contributed by atoms with Crippen molar-refractivity contribution in [2.24, 2.45) is 0 Å². The summed E-state index contributed by atoms with van der Waals surface area (Å²) in [5.74, 6) is -1.08. The zero-order valence-corrected chi connectivity index (χ0v) is 12.0. The molecule has 110 valence electrons. The molecule has 2 rings (SSSR count). The number of amides is 2. The lowest BCUT2D eigenvalue weighted by molar-refractivity contribution is -0.139. The number of nitrogens with one attached hydrogen (secondary N) is 2. The molecule has 2 aromatic rings. The number of thiophene rings is 1. The van der Waals surface area contributed by atoms with Crippen LogP contribution in [0.2, 0.25) is 0 Å². The molecule has 2 amide bonds. The molecule has 0 fully saturated rings. The molecule has 7 heteroatoms. The van der Waals surface area contributed by atoms with Gasteiger partial charge in [0.25, 0.3) is 0 Å². The Bertz CT molecular complexity index is 587. The molecule has 0 aliphatic heterocycles. The summed E-state index contributed by atoms with van der Waals surface area (Å²) in [6, 6.07) is 5.65. The highest BCUT2D eigenvalue weighted by atomic mass is 32.1. The normalized spacial score (nSPS) is 11.6. The van der Waals surface area contributed by atoms with Crippen LogP contribution in [-0.2, 0) is 11.2 Å². The van der Waals surface area contributed by atoms with E-state index in [1.807, 2.05) is 12.1 Å². The van der Waals surface area contributed by atoms with Crippen molar-refractivity contribution in [2.75, 3.05) is 6.54 Å². The Morgan fingerprint density at radius 3 is 2.67 bits per heavy atom. The number of aromatic nitrogens is 1. The van der Waals surface area contributed by atoms with Crippen LogP contribution in [0.3, 0.4) is 0 Å². The van der Waals surface area contributed by atoms with Gasteiger partial charge in [0.05, 0.1) is 0 Å². The number of hydrogen-bond donors (Lipinski definition) is 3. The molecule has 0 aliphatic carbocycles. The third kappa shape index (κ3) is 4.57. The van der Waals surface area contributed by atoms with Crippen LogP contribution in [0.1, 0.15) is 16.5 Å². The van der Waals surface area contributed by atoms with Gasteiger partial charge in [-0.1, -0.05) is 6.07 Å². The van der Waals surface area contributed by atoms with Crippen LogP contribution in [0.4, 0.5) is 4.79 Å². The number of carbonyl (C=O) groups is 2. The van der Waals surface area contributed by atoms with Crippen LogP contribution in [0.25, 0.3) is 0 Å². The van der Waals surface area contributed by atoms with Crippen molar-refractivity contribution in [3.8, 4) is 0 Å². The molecule has 0 saturated heterocycles. The second kappa shape index (κ2) is 7.39. The van der Waals surface area contributed by atoms with Gasteiger partial charge in [-0.25, -0.2) is 9.59 Å². The van der Waals surface area contributed by atoms with Crippen LogP contribution in [0, 0.1) is 0 Å². The minimum Gasteiger partial charge on any atom is -0.479 e. The van der Waals surface area contributed by atoms with Gasteiger partial charge in [-0.3, -0.25) is 4.98 Å². The van der Waals surface area contributed by atoms with E-state index in [0.717, 1.165) is 5.56 Å². The molecule has 0 aromatic carbocycles. The first-order valence-corrected chi connectivity index (χ1v) is 7.24. The fraction of sp³-hybridized carbons (Fsp3) is 0.214. The van der Waals surface area contributed by atoms with Gasteiger partial charge < -0.3 is 15.7 Å². The lowest BCUT2D eigenvalue weighted by Crippen LogP contribution is -2.41. The van der Waals surface area contributed by atoms with Gasteiger partial charge in [-0.05, 0) is 35.6 Å². The minimum atomic E-state index is -1.08. The summed E-state index contributed by atoms with van der Waals surface area (Å²) in [6.45, 7) is 0.423. The van der Waals surface area contributed by atoms with Crippen LogP contribution >= 0.6 is 11.3 Å². The fourth-order valence-corrected chi connectivity index (χ4v) is 2.53. The Labute approximate surface area is 125 Å². The van der Waals surface area contributed by atoms with E-state index in [9.17, 15) is 9.59 Å². The largest absolute Gasteiger partial charge is 0.479 e. The third-order valence-electron chi connectivity index (χ3n) is 2.80. The average molecular weight is 305 g/mol. The molecular formula is C14H15N3O3S. The highest BCUT2D eigenvalue weighted by Crippen LogP contribution is 2.18. The molecular weight excluding hydrogens is 290 g/mol. The van der Waals surface area contributed by atoms with Crippen LogP contribution in [0.5, 0.6) is 0 Å². The predicted octanol–water partition coefficient (Wildman–Crippen LogP) is 1.81. The van der Waals surface area contributed by atoms with Gasteiger partial charge in [0, 0.05) is 23.8 Å². The summed E-state index contributed by atoms with van der Waals surface area (Å²) >= 11 is 1.29. The molecule has 0 spiro atoms. The van der Waals surface area contributed by atoms with E-state index in [1.165, 1.54) is 11.3 Å². The molecule has 2 aromatic heterocycles. The van der Waals surface area contributed by atoms with Gasteiger partial charge in [0.2, 0.25) is 0 Å². The van der Waals surface area contributed by atoms with Gasteiger partial charge in [-0.2, -0.15) is 0 Å².